The summed E-state index contributed by atoms with van der Waals surface area (Å²) in [5, 5.41) is 2.68. The van der Waals surface area contributed by atoms with Gasteiger partial charge in [-0.05, 0) is 45.6 Å². The number of piperazine rings is 1. The normalized spacial score (nSPS) is 15.4. The van der Waals surface area contributed by atoms with Crippen LogP contribution >= 0.6 is 0 Å². The molecule has 1 atom stereocenters. The Morgan fingerprint density at radius 1 is 1.06 bits per heavy atom. The lowest BCUT2D eigenvalue weighted by atomic mass is 10.1. The van der Waals surface area contributed by atoms with Gasteiger partial charge >= 0.3 is 12.1 Å². The molecule has 1 aliphatic heterocycles. The molecule has 0 aromatic heterocycles. The van der Waals surface area contributed by atoms with Crippen molar-refractivity contribution < 1.29 is 28.7 Å². The molecule has 0 bridgehead atoms. The zero-order chi connectivity index (χ0) is 23.7. The first-order chi connectivity index (χ1) is 15.1. The lowest BCUT2D eigenvalue weighted by molar-refractivity contribution is -0.168. The first-order valence-electron chi connectivity index (χ1n) is 10.8. The molecule has 1 heterocycles. The Morgan fingerprint density at radius 2 is 1.75 bits per heavy atom. The lowest BCUT2D eigenvalue weighted by Crippen LogP contribution is -2.58. The summed E-state index contributed by atoms with van der Waals surface area (Å²) >= 11 is 0. The van der Waals surface area contributed by atoms with E-state index in [1.54, 1.807) is 27.8 Å². The highest BCUT2D eigenvalue weighted by Gasteiger charge is 2.37. The van der Waals surface area contributed by atoms with Crippen molar-refractivity contribution in [2.75, 3.05) is 26.7 Å². The molecule has 1 aromatic carbocycles. The molecule has 32 heavy (non-hydrogen) atoms. The van der Waals surface area contributed by atoms with Crippen LogP contribution in [0.4, 0.5) is 4.79 Å². The van der Waals surface area contributed by atoms with E-state index in [2.05, 4.69) is 5.32 Å². The molecule has 3 amide bonds. The highest BCUT2D eigenvalue weighted by Crippen LogP contribution is 2.18. The third kappa shape index (κ3) is 8.20. The van der Waals surface area contributed by atoms with E-state index in [1.165, 1.54) is 9.80 Å². The molecule has 1 N–H and O–H groups in total. The number of ether oxygens (including phenoxy) is 2. The summed E-state index contributed by atoms with van der Waals surface area (Å²) in [5.74, 6) is -1.04. The molecule has 1 fully saturated rings. The SMILES string of the molecule is CN1CC(=O)N([C@@H](CCCCNC(=O)OCc2ccccc2)C(=O)OC(C)(C)C)CC1=O. The Hall–Kier alpha value is -3.10. The van der Waals surface area contributed by atoms with Crippen molar-refractivity contribution in [3.05, 3.63) is 35.9 Å². The van der Waals surface area contributed by atoms with Gasteiger partial charge in [0, 0.05) is 13.6 Å². The first kappa shape index (κ1) is 25.2. The molecule has 9 nitrogen and oxygen atoms in total. The number of alkyl carbamates (subject to hydrolysis) is 1. The maximum atomic E-state index is 12.8. The fraction of sp³-hybridized carbons (Fsp3) is 0.565. The molecule has 1 aromatic rings. The fourth-order valence-electron chi connectivity index (χ4n) is 3.22. The summed E-state index contributed by atoms with van der Waals surface area (Å²) in [6, 6.07) is 8.53. The van der Waals surface area contributed by atoms with Crippen LogP contribution in [0.15, 0.2) is 30.3 Å². The number of likely N-dealkylation sites (N-methyl/N-ethyl adjacent to an activating group) is 1. The van der Waals surface area contributed by atoms with Gasteiger partial charge in [0.1, 0.15) is 24.8 Å². The number of rotatable bonds is 9. The van der Waals surface area contributed by atoms with Gasteiger partial charge in [0.15, 0.2) is 0 Å². The average Bonchev–Trinajstić information content (AvgIpc) is 2.71. The standard InChI is InChI=1S/C23H33N3O6/c1-23(2,3)32-21(29)18(26-15-19(27)25(4)14-20(26)28)12-8-9-13-24-22(30)31-16-17-10-6-5-7-11-17/h5-7,10-11,18H,8-9,12-16H2,1-4H3,(H,24,30)/t18-/m0/s1. The Bertz CT molecular complexity index is 806. The van der Waals surface area contributed by atoms with Crippen molar-refractivity contribution in [3.8, 4) is 0 Å². The van der Waals surface area contributed by atoms with Crippen LogP contribution in [-0.4, -0.2) is 72.0 Å². The summed E-state index contributed by atoms with van der Waals surface area (Å²) in [4.78, 5) is 51.8. The first-order valence-corrected chi connectivity index (χ1v) is 10.8. The Kier molecular flexibility index (Phi) is 9.04. The summed E-state index contributed by atoms with van der Waals surface area (Å²) in [6.45, 7) is 5.60. The Labute approximate surface area is 189 Å². The minimum absolute atomic E-state index is 0.0626. The van der Waals surface area contributed by atoms with Gasteiger partial charge in [0.05, 0.1) is 6.54 Å². The van der Waals surface area contributed by atoms with E-state index in [4.69, 9.17) is 9.47 Å². The van der Waals surface area contributed by atoms with Crippen LogP contribution in [0, 0.1) is 0 Å². The third-order valence-corrected chi connectivity index (χ3v) is 4.87. The minimum Gasteiger partial charge on any atom is -0.458 e. The van der Waals surface area contributed by atoms with E-state index >= 15 is 0 Å². The number of nitrogens with zero attached hydrogens (tertiary/aromatic N) is 2. The number of amides is 3. The second-order valence-corrected chi connectivity index (χ2v) is 8.80. The number of carbonyl (C=O) groups excluding carboxylic acids is 4. The molecule has 1 aliphatic rings. The molecule has 176 valence electrons. The van der Waals surface area contributed by atoms with Gasteiger partial charge in [0.25, 0.3) is 0 Å². The summed E-state index contributed by atoms with van der Waals surface area (Å²) in [6.07, 6.45) is 0.947. The van der Waals surface area contributed by atoms with Crippen molar-refractivity contribution in [3.63, 3.8) is 0 Å². The molecule has 0 unspecified atom stereocenters. The van der Waals surface area contributed by atoms with Gasteiger partial charge in [0.2, 0.25) is 11.8 Å². The average molecular weight is 448 g/mol. The fourth-order valence-corrected chi connectivity index (χ4v) is 3.22. The van der Waals surface area contributed by atoms with Crippen molar-refractivity contribution in [2.45, 2.75) is 58.3 Å². The van der Waals surface area contributed by atoms with Crippen LogP contribution in [-0.2, 0) is 30.5 Å². The summed E-state index contributed by atoms with van der Waals surface area (Å²) in [7, 11) is 1.56. The molecule has 0 saturated carbocycles. The predicted molar refractivity (Wildman–Crippen MR) is 117 cm³/mol. The molecule has 0 aliphatic carbocycles. The number of hydrogen-bond acceptors (Lipinski definition) is 6. The number of unbranched alkanes of at least 4 members (excludes halogenated alkanes) is 1. The zero-order valence-electron chi connectivity index (χ0n) is 19.3. The van der Waals surface area contributed by atoms with Crippen molar-refractivity contribution in [1.29, 1.82) is 0 Å². The van der Waals surface area contributed by atoms with Gasteiger partial charge in [-0.3, -0.25) is 9.59 Å². The molecule has 9 heteroatoms. The molecular formula is C23H33N3O6. The van der Waals surface area contributed by atoms with Crippen LogP contribution in [0.3, 0.4) is 0 Å². The summed E-state index contributed by atoms with van der Waals surface area (Å²) < 4.78 is 10.6. The highest BCUT2D eigenvalue weighted by molar-refractivity contribution is 5.95. The van der Waals surface area contributed by atoms with E-state index in [1.807, 2.05) is 30.3 Å². The summed E-state index contributed by atoms with van der Waals surface area (Å²) in [5.41, 5.74) is 0.188. The van der Waals surface area contributed by atoms with E-state index in [9.17, 15) is 19.2 Å². The lowest BCUT2D eigenvalue weighted by Gasteiger charge is -2.37. The topological polar surface area (TPSA) is 105 Å². The molecule has 1 saturated heterocycles. The molecular weight excluding hydrogens is 414 g/mol. The smallest absolute Gasteiger partial charge is 0.407 e. The zero-order valence-corrected chi connectivity index (χ0v) is 19.3. The molecule has 0 spiro atoms. The number of nitrogens with one attached hydrogen (secondary N) is 1. The molecule has 2 rings (SSSR count). The Morgan fingerprint density at radius 3 is 2.41 bits per heavy atom. The molecule has 0 radical (unpaired) electrons. The second-order valence-electron chi connectivity index (χ2n) is 8.80. The van der Waals surface area contributed by atoms with E-state index in [0.29, 0.717) is 25.8 Å². The van der Waals surface area contributed by atoms with Gasteiger partial charge in [-0.15, -0.1) is 0 Å². The van der Waals surface area contributed by atoms with Gasteiger partial charge in [-0.2, -0.15) is 0 Å². The largest absolute Gasteiger partial charge is 0.458 e. The van der Waals surface area contributed by atoms with Crippen molar-refractivity contribution in [1.82, 2.24) is 15.1 Å². The van der Waals surface area contributed by atoms with Crippen LogP contribution < -0.4 is 5.32 Å². The maximum Gasteiger partial charge on any atom is 0.407 e. The highest BCUT2D eigenvalue weighted by atomic mass is 16.6. The monoisotopic (exact) mass is 447 g/mol. The van der Waals surface area contributed by atoms with Crippen LogP contribution in [0.2, 0.25) is 0 Å². The third-order valence-electron chi connectivity index (χ3n) is 4.87. The number of esters is 1. The maximum absolute atomic E-state index is 12.8. The van der Waals surface area contributed by atoms with E-state index in [-0.39, 0.29) is 31.5 Å². The van der Waals surface area contributed by atoms with Gasteiger partial charge in [-0.1, -0.05) is 30.3 Å². The predicted octanol–water partition coefficient (Wildman–Crippen LogP) is 2.09. The van der Waals surface area contributed by atoms with Crippen LogP contribution in [0.25, 0.3) is 0 Å². The minimum atomic E-state index is -0.843. The quantitative estimate of drug-likeness (QED) is 0.459. The van der Waals surface area contributed by atoms with Crippen molar-refractivity contribution >= 4 is 23.9 Å². The van der Waals surface area contributed by atoms with Gasteiger partial charge < -0.3 is 24.6 Å². The van der Waals surface area contributed by atoms with E-state index < -0.39 is 23.7 Å². The number of hydrogen-bond donors (Lipinski definition) is 1. The van der Waals surface area contributed by atoms with Gasteiger partial charge in [-0.25, -0.2) is 9.59 Å². The van der Waals surface area contributed by atoms with E-state index in [0.717, 1.165) is 5.56 Å². The number of carbonyl (C=O) groups is 4. The number of benzene rings is 1. The van der Waals surface area contributed by atoms with Crippen molar-refractivity contribution in [2.24, 2.45) is 0 Å². The Balaban J connectivity index is 1.83. The van der Waals surface area contributed by atoms with Crippen LogP contribution in [0.1, 0.15) is 45.6 Å². The van der Waals surface area contributed by atoms with Crippen LogP contribution in [0.5, 0.6) is 0 Å². The second kappa shape index (κ2) is 11.5.